The Hall–Kier alpha value is -0.300. The van der Waals surface area contributed by atoms with Gasteiger partial charge in [-0.25, -0.2) is 0 Å². The Bertz CT molecular complexity index is 139. The largest absolute Gasteiger partial charge is 0.393 e. The van der Waals surface area contributed by atoms with Crippen LogP contribution in [-0.4, -0.2) is 11.2 Å². The summed E-state index contributed by atoms with van der Waals surface area (Å²) in [5.74, 6) is 0. The van der Waals surface area contributed by atoms with E-state index in [4.69, 9.17) is 5.11 Å². The van der Waals surface area contributed by atoms with Crippen LogP contribution in [0.4, 0.5) is 0 Å². The SMILES string of the molecule is CC(O)CCC=C1CCCCC1. The van der Waals surface area contributed by atoms with Crippen molar-refractivity contribution in [2.24, 2.45) is 0 Å². The van der Waals surface area contributed by atoms with Gasteiger partial charge in [-0.2, -0.15) is 0 Å². The molecule has 0 aromatic carbocycles. The Balaban J connectivity index is 2.16. The minimum absolute atomic E-state index is 0.134. The van der Waals surface area contributed by atoms with Crippen molar-refractivity contribution in [3.63, 3.8) is 0 Å². The molecule has 70 valence electrons. The third-order valence-corrected chi connectivity index (χ3v) is 2.51. The molecule has 1 N–H and O–H groups in total. The molecule has 0 heterocycles. The van der Waals surface area contributed by atoms with E-state index < -0.39 is 0 Å². The maximum atomic E-state index is 9.05. The highest BCUT2D eigenvalue weighted by molar-refractivity contribution is 5.03. The molecule has 0 bridgehead atoms. The third kappa shape index (κ3) is 3.91. The molecule has 1 aliphatic carbocycles. The summed E-state index contributed by atoms with van der Waals surface area (Å²) in [6.45, 7) is 1.86. The van der Waals surface area contributed by atoms with E-state index >= 15 is 0 Å². The van der Waals surface area contributed by atoms with Crippen LogP contribution in [0.2, 0.25) is 0 Å². The molecule has 0 spiro atoms. The first-order valence-electron chi connectivity index (χ1n) is 5.15. The van der Waals surface area contributed by atoms with E-state index in [0.29, 0.717) is 0 Å². The van der Waals surface area contributed by atoms with Gasteiger partial charge in [-0.05, 0) is 45.4 Å². The smallest absolute Gasteiger partial charge is 0.0515 e. The van der Waals surface area contributed by atoms with Gasteiger partial charge in [0, 0.05) is 0 Å². The molecule has 0 aromatic heterocycles. The fourth-order valence-electron chi connectivity index (χ4n) is 1.74. The van der Waals surface area contributed by atoms with Crippen LogP contribution in [0.25, 0.3) is 0 Å². The van der Waals surface area contributed by atoms with Crippen LogP contribution in [0.3, 0.4) is 0 Å². The summed E-state index contributed by atoms with van der Waals surface area (Å²) in [5.41, 5.74) is 1.63. The van der Waals surface area contributed by atoms with Gasteiger partial charge in [0.1, 0.15) is 0 Å². The lowest BCUT2D eigenvalue weighted by Gasteiger charge is -2.13. The van der Waals surface area contributed by atoms with Crippen LogP contribution in [0.15, 0.2) is 11.6 Å². The maximum Gasteiger partial charge on any atom is 0.0515 e. The van der Waals surface area contributed by atoms with Gasteiger partial charge in [-0.3, -0.25) is 0 Å². The van der Waals surface area contributed by atoms with Crippen LogP contribution in [0, 0.1) is 0 Å². The van der Waals surface area contributed by atoms with E-state index in [-0.39, 0.29) is 6.10 Å². The van der Waals surface area contributed by atoms with Crippen LogP contribution < -0.4 is 0 Å². The lowest BCUT2D eigenvalue weighted by molar-refractivity contribution is 0.185. The number of aliphatic hydroxyl groups excluding tert-OH is 1. The highest BCUT2D eigenvalue weighted by Crippen LogP contribution is 2.23. The second-order valence-electron chi connectivity index (χ2n) is 3.85. The minimum Gasteiger partial charge on any atom is -0.393 e. The zero-order valence-corrected chi connectivity index (χ0v) is 8.05. The summed E-state index contributed by atoms with van der Waals surface area (Å²) in [5, 5.41) is 9.05. The number of aliphatic hydroxyl groups is 1. The molecule has 0 radical (unpaired) electrons. The topological polar surface area (TPSA) is 20.2 Å². The average molecular weight is 168 g/mol. The number of hydrogen-bond acceptors (Lipinski definition) is 1. The second kappa shape index (κ2) is 5.36. The lowest BCUT2D eigenvalue weighted by Crippen LogP contribution is -1.98. The van der Waals surface area contributed by atoms with Gasteiger partial charge in [-0.15, -0.1) is 0 Å². The molecular weight excluding hydrogens is 148 g/mol. The molecule has 0 amide bonds. The predicted octanol–water partition coefficient (Wildman–Crippen LogP) is 3.04. The summed E-state index contributed by atoms with van der Waals surface area (Å²) >= 11 is 0. The first-order valence-corrected chi connectivity index (χ1v) is 5.15. The molecule has 1 atom stereocenters. The second-order valence-corrected chi connectivity index (χ2v) is 3.85. The molecule has 0 aromatic rings. The first-order chi connectivity index (χ1) is 5.79. The number of allylic oxidation sites excluding steroid dienone is 2. The lowest BCUT2D eigenvalue weighted by atomic mass is 9.94. The number of hydrogen-bond donors (Lipinski definition) is 1. The van der Waals surface area contributed by atoms with Crippen molar-refractivity contribution in [1.82, 2.24) is 0 Å². The van der Waals surface area contributed by atoms with Gasteiger partial charge in [0.2, 0.25) is 0 Å². The summed E-state index contributed by atoms with van der Waals surface area (Å²) in [4.78, 5) is 0. The maximum absolute atomic E-state index is 9.05. The minimum atomic E-state index is -0.134. The highest BCUT2D eigenvalue weighted by Gasteiger charge is 2.04. The number of rotatable bonds is 3. The summed E-state index contributed by atoms with van der Waals surface area (Å²) in [6.07, 6.45) is 11.0. The van der Waals surface area contributed by atoms with Crippen LogP contribution in [0.1, 0.15) is 51.9 Å². The van der Waals surface area contributed by atoms with Crippen molar-refractivity contribution < 1.29 is 5.11 Å². The van der Waals surface area contributed by atoms with Crippen molar-refractivity contribution in [3.05, 3.63) is 11.6 Å². The van der Waals surface area contributed by atoms with E-state index in [2.05, 4.69) is 6.08 Å². The molecule has 1 nitrogen and oxygen atoms in total. The molecular formula is C11H20O. The van der Waals surface area contributed by atoms with Gasteiger partial charge in [0.05, 0.1) is 6.10 Å². The monoisotopic (exact) mass is 168 g/mol. The Morgan fingerprint density at radius 2 is 2.00 bits per heavy atom. The van der Waals surface area contributed by atoms with Crippen molar-refractivity contribution >= 4 is 0 Å². The van der Waals surface area contributed by atoms with Gasteiger partial charge in [-0.1, -0.05) is 18.1 Å². The van der Waals surface area contributed by atoms with Crippen molar-refractivity contribution in [2.45, 2.75) is 58.0 Å². The van der Waals surface area contributed by atoms with E-state index in [0.717, 1.165) is 12.8 Å². The van der Waals surface area contributed by atoms with E-state index in [9.17, 15) is 0 Å². The summed E-state index contributed by atoms with van der Waals surface area (Å²) in [7, 11) is 0. The average Bonchev–Trinajstić information content (AvgIpc) is 2.05. The molecule has 1 heteroatoms. The normalized spacial score (nSPS) is 20.7. The molecule has 1 fully saturated rings. The Morgan fingerprint density at radius 3 is 2.58 bits per heavy atom. The van der Waals surface area contributed by atoms with Crippen molar-refractivity contribution in [1.29, 1.82) is 0 Å². The molecule has 0 saturated heterocycles. The van der Waals surface area contributed by atoms with Crippen molar-refractivity contribution in [2.75, 3.05) is 0 Å². The Morgan fingerprint density at radius 1 is 1.33 bits per heavy atom. The van der Waals surface area contributed by atoms with Crippen LogP contribution in [-0.2, 0) is 0 Å². The highest BCUT2D eigenvalue weighted by atomic mass is 16.3. The van der Waals surface area contributed by atoms with Gasteiger partial charge < -0.3 is 5.11 Å². The molecule has 1 aliphatic rings. The predicted molar refractivity (Wildman–Crippen MR) is 52.1 cm³/mol. The zero-order valence-electron chi connectivity index (χ0n) is 8.05. The van der Waals surface area contributed by atoms with Gasteiger partial charge in [0.15, 0.2) is 0 Å². The Kier molecular flexibility index (Phi) is 4.37. The van der Waals surface area contributed by atoms with Gasteiger partial charge in [0.25, 0.3) is 0 Å². The van der Waals surface area contributed by atoms with Crippen LogP contribution >= 0.6 is 0 Å². The summed E-state index contributed by atoms with van der Waals surface area (Å²) < 4.78 is 0. The fourth-order valence-corrected chi connectivity index (χ4v) is 1.74. The van der Waals surface area contributed by atoms with E-state index in [1.165, 1.54) is 32.1 Å². The van der Waals surface area contributed by atoms with E-state index in [1.807, 2.05) is 6.92 Å². The zero-order chi connectivity index (χ0) is 8.81. The molecule has 12 heavy (non-hydrogen) atoms. The van der Waals surface area contributed by atoms with Gasteiger partial charge >= 0.3 is 0 Å². The third-order valence-electron chi connectivity index (χ3n) is 2.51. The quantitative estimate of drug-likeness (QED) is 0.642. The van der Waals surface area contributed by atoms with Crippen molar-refractivity contribution in [3.8, 4) is 0 Å². The standard InChI is InChI=1S/C11H20O/c1-10(12)6-5-9-11-7-3-2-4-8-11/h9-10,12H,2-8H2,1H3. The molecule has 0 aliphatic heterocycles. The van der Waals surface area contributed by atoms with Crippen LogP contribution in [0.5, 0.6) is 0 Å². The molecule has 1 rings (SSSR count). The first kappa shape index (κ1) is 9.79. The summed E-state index contributed by atoms with van der Waals surface area (Å²) in [6, 6.07) is 0. The molecule has 1 saturated carbocycles. The molecule has 1 unspecified atom stereocenters. The Labute approximate surface area is 75.5 Å². The van der Waals surface area contributed by atoms with E-state index in [1.54, 1.807) is 5.57 Å². The fraction of sp³-hybridized carbons (Fsp3) is 0.818.